The van der Waals surface area contributed by atoms with Crippen molar-refractivity contribution in [3.05, 3.63) is 187 Å². The molecule has 0 fully saturated rings. The van der Waals surface area contributed by atoms with Gasteiger partial charge in [0.2, 0.25) is 0 Å². The highest BCUT2D eigenvalue weighted by molar-refractivity contribution is 7.20. The quantitative estimate of drug-likeness (QED) is 0.141. The van der Waals surface area contributed by atoms with Gasteiger partial charge in [-0.25, -0.2) is 0 Å². The fraction of sp³-hybridized carbons (Fsp3) is 0. The highest BCUT2D eigenvalue weighted by Crippen LogP contribution is 2.36. The van der Waals surface area contributed by atoms with E-state index in [1.54, 1.807) is 0 Å². The van der Waals surface area contributed by atoms with E-state index in [-0.39, 0.29) is 0 Å². The van der Waals surface area contributed by atoms with Gasteiger partial charge in [0, 0.05) is 16.3 Å². The number of hydrogen-bond acceptors (Lipinski definition) is 2. The van der Waals surface area contributed by atoms with Crippen molar-refractivity contribution in [2.45, 2.75) is 0 Å². The summed E-state index contributed by atoms with van der Waals surface area (Å²) in [5.41, 5.74) is 5.99. The number of benzene rings is 7. The maximum Gasteiger partial charge on any atom is 0.181 e. The third-order valence-corrected chi connectivity index (χ3v) is 14.3. The zero-order valence-electron chi connectivity index (χ0n) is 26.1. The molecule has 0 unspecified atom stereocenters. The minimum absolute atomic E-state index is 0.380. The van der Waals surface area contributed by atoms with E-state index in [2.05, 4.69) is 168 Å². The predicted molar refractivity (Wildman–Crippen MR) is 199 cm³/mol. The van der Waals surface area contributed by atoms with E-state index in [4.69, 9.17) is 0 Å². The Labute approximate surface area is 280 Å². The van der Waals surface area contributed by atoms with Gasteiger partial charge in [-0.15, -0.1) is 0 Å². The second-order valence-corrected chi connectivity index (χ2v) is 15.6. The van der Waals surface area contributed by atoms with Gasteiger partial charge in [-0.1, -0.05) is 152 Å². The Morgan fingerprint density at radius 3 is 1.38 bits per heavy atom. The van der Waals surface area contributed by atoms with Crippen molar-refractivity contribution in [1.82, 2.24) is 4.57 Å². The van der Waals surface area contributed by atoms with Gasteiger partial charge in [-0.05, 0) is 50.6 Å². The molecule has 0 aliphatic rings. The molecule has 0 radical (unpaired) electrons. The lowest BCUT2D eigenvalue weighted by atomic mass is 9.98. The van der Waals surface area contributed by atoms with E-state index in [0.29, 0.717) is 11.1 Å². The molecule has 0 saturated carbocycles. The minimum atomic E-state index is -3.24. The summed E-state index contributed by atoms with van der Waals surface area (Å²) < 4.78 is 2.34. The summed E-state index contributed by atoms with van der Waals surface area (Å²) in [6, 6.07) is 66.0. The molecule has 4 heteroatoms. The average molecular weight is 628 g/mol. The summed E-state index contributed by atoms with van der Waals surface area (Å²) in [5.74, 6) is 0. The number of para-hydroxylation sites is 3. The molecule has 0 bridgehead atoms. The Morgan fingerprint density at radius 2 is 0.875 bits per heavy atom. The summed E-state index contributed by atoms with van der Waals surface area (Å²) >= 11 is 0. The summed E-state index contributed by atoms with van der Waals surface area (Å²) in [6.07, 6.45) is 0. The molecule has 7 aromatic carbocycles. The van der Waals surface area contributed by atoms with Crippen LogP contribution in [0.25, 0.3) is 38.6 Å². The van der Waals surface area contributed by atoms with Crippen LogP contribution in [0.15, 0.2) is 176 Å². The number of nitriles is 2. The van der Waals surface area contributed by atoms with E-state index in [1.165, 1.54) is 10.8 Å². The first-order chi connectivity index (χ1) is 23.8. The number of rotatable bonds is 6. The van der Waals surface area contributed by atoms with Crippen LogP contribution in [0, 0.1) is 22.7 Å². The van der Waals surface area contributed by atoms with Crippen molar-refractivity contribution < 1.29 is 0 Å². The SMILES string of the molecule is N#Cc1ccc(-c2ccccc2-n2c3ccccc3c3ccccc32)c([Si](c2ccccc2)(c2ccccc2)c2ccccc2)c1C#N. The van der Waals surface area contributed by atoms with Crippen LogP contribution in [0.3, 0.4) is 0 Å². The highest BCUT2D eigenvalue weighted by atomic mass is 28.3. The normalized spacial score (nSPS) is 11.3. The lowest BCUT2D eigenvalue weighted by Crippen LogP contribution is -2.75. The van der Waals surface area contributed by atoms with E-state index < -0.39 is 8.07 Å². The smallest absolute Gasteiger partial charge is 0.181 e. The van der Waals surface area contributed by atoms with Crippen LogP contribution in [-0.2, 0) is 0 Å². The van der Waals surface area contributed by atoms with Crippen molar-refractivity contribution in [3.8, 4) is 29.0 Å². The monoisotopic (exact) mass is 627 g/mol. The Bertz CT molecular complexity index is 2370. The van der Waals surface area contributed by atoms with E-state index >= 15 is 0 Å². The van der Waals surface area contributed by atoms with Crippen LogP contribution in [0.1, 0.15) is 11.1 Å². The number of fused-ring (bicyclic) bond motifs is 3. The van der Waals surface area contributed by atoms with E-state index in [0.717, 1.165) is 48.6 Å². The largest absolute Gasteiger partial charge is 0.309 e. The fourth-order valence-electron chi connectivity index (χ4n) is 7.50. The van der Waals surface area contributed by atoms with E-state index in [9.17, 15) is 10.5 Å². The van der Waals surface area contributed by atoms with Crippen LogP contribution < -0.4 is 20.7 Å². The Hall–Kier alpha value is -6.46. The molecule has 0 spiro atoms. The zero-order valence-corrected chi connectivity index (χ0v) is 27.1. The lowest BCUT2D eigenvalue weighted by Gasteiger charge is -2.37. The molecule has 0 amide bonds. The van der Waals surface area contributed by atoms with Crippen molar-refractivity contribution >= 4 is 50.6 Å². The molecule has 224 valence electrons. The van der Waals surface area contributed by atoms with Gasteiger partial charge in [-0.3, -0.25) is 0 Å². The first kappa shape index (κ1) is 29.0. The summed E-state index contributed by atoms with van der Waals surface area (Å²) in [7, 11) is -3.24. The van der Waals surface area contributed by atoms with Gasteiger partial charge >= 0.3 is 0 Å². The summed E-state index contributed by atoms with van der Waals surface area (Å²) in [5, 5.41) is 28.2. The zero-order chi connectivity index (χ0) is 32.5. The standard InChI is InChI=1S/C44H29N3Si/c45-30-32-28-29-39(38-24-12-15-27-43(38)47-41-25-13-10-22-36(41)37-23-11-14-26-42(37)47)44(40(32)31-46)48(33-16-4-1-5-17-33,34-18-6-2-7-19-34)35-20-8-3-9-21-35/h1-29H. The summed E-state index contributed by atoms with van der Waals surface area (Å²) in [6.45, 7) is 0. The van der Waals surface area contributed by atoms with Gasteiger partial charge < -0.3 is 4.57 Å². The Balaban J connectivity index is 1.58. The van der Waals surface area contributed by atoms with Gasteiger partial charge in [0.05, 0.1) is 27.8 Å². The first-order valence-electron chi connectivity index (χ1n) is 16.0. The van der Waals surface area contributed by atoms with Crippen LogP contribution >= 0.6 is 0 Å². The van der Waals surface area contributed by atoms with Crippen molar-refractivity contribution in [1.29, 1.82) is 10.5 Å². The second kappa shape index (κ2) is 12.0. The number of nitrogens with zero attached hydrogens (tertiary/aromatic N) is 3. The molecule has 1 aromatic heterocycles. The maximum absolute atomic E-state index is 11.1. The third-order valence-electron chi connectivity index (χ3n) is 9.45. The predicted octanol–water partition coefficient (Wildman–Crippen LogP) is 7.57. The third kappa shape index (κ3) is 4.40. The Morgan fingerprint density at radius 1 is 0.417 bits per heavy atom. The first-order valence-corrected chi connectivity index (χ1v) is 18.0. The molecule has 0 atom stereocenters. The maximum atomic E-state index is 11.1. The Kier molecular flexibility index (Phi) is 7.27. The molecular weight excluding hydrogens is 599 g/mol. The van der Waals surface area contributed by atoms with Crippen LogP contribution in [0.2, 0.25) is 0 Å². The molecule has 0 aliphatic carbocycles. The van der Waals surface area contributed by atoms with Gasteiger partial charge in [0.25, 0.3) is 0 Å². The number of aromatic nitrogens is 1. The molecule has 0 N–H and O–H groups in total. The molecule has 0 aliphatic heterocycles. The fourth-order valence-corrected chi connectivity index (χ4v) is 12.6. The molecule has 0 saturated heterocycles. The second-order valence-electron chi connectivity index (χ2n) is 11.9. The van der Waals surface area contributed by atoms with Crippen molar-refractivity contribution in [2.24, 2.45) is 0 Å². The highest BCUT2D eigenvalue weighted by Gasteiger charge is 2.45. The topological polar surface area (TPSA) is 52.5 Å². The van der Waals surface area contributed by atoms with Gasteiger partial charge in [0.1, 0.15) is 12.1 Å². The number of hydrogen-bond donors (Lipinski definition) is 0. The molecule has 8 rings (SSSR count). The molecule has 8 aromatic rings. The van der Waals surface area contributed by atoms with Crippen LogP contribution in [0.5, 0.6) is 0 Å². The van der Waals surface area contributed by atoms with Gasteiger partial charge in [0.15, 0.2) is 8.07 Å². The van der Waals surface area contributed by atoms with E-state index in [1.807, 2.05) is 24.3 Å². The lowest BCUT2D eigenvalue weighted by molar-refractivity contribution is 1.18. The minimum Gasteiger partial charge on any atom is -0.309 e. The molecular formula is C44H29N3Si. The van der Waals surface area contributed by atoms with Gasteiger partial charge in [-0.2, -0.15) is 10.5 Å². The molecule has 48 heavy (non-hydrogen) atoms. The molecule has 3 nitrogen and oxygen atoms in total. The summed E-state index contributed by atoms with van der Waals surface area (Å²) in [4.78, 5) is 0. The average Bonchev–Trinajstić information content (AvgIpc) is 3.50. The van der Waals surface area contributed by atoms with Crippen molar-refractivity contribution in [3.63, 3.8) is 0 Å². The van der Waals surface area contributed by atoms with Crippen molar-refractivity contribution in [2.75, 3.05) is 0 Å². The van der Waals surface area contributed by atoms with Crippen LogP contribution in [-0.4, -0.2) is 12.6 Å². The molecule has 1 heterocycles. The van der Waals surface area contributed by atoms with Crippen LogP contribution in [0.4, 0.5) is 0 Å².